The minimum atomic E-state index is -0.661. The van der Waals surface area contributed by atoms with Crippen LogP contribution < -0.4 is 5.43 Å². The minimum Gasteiger partial charge on any atom is -0.235 e. The van der Waals surface area contributed by atoms with Gasteiger partial charge in [-0.1, -0.05) is 0 Å². The summed E-state index contributed by atoms with van der Waals surface area (Å²) < 4.78 is 0.489. The van der Waals surface area contributed by atoms with Crippen LogP contribution in [-0.4, -0.2) is 5.03 Å². The number of anilines is 1. The topological polar surface area (TPSA) is 79.0 Å². The third-order valence-electron chi connectivity index (χ3n) is 1.31. The second-order valence-electron chi connectivity index (χ2n) is 2.18. The third kappa shape index (κ3) is 2.42. The van der Waals surface area contributed by atoms with Crippen LogP contribution in [0.25, 0.3) is 0 Å². The Balaban J connectivity index is 3.00. The van der Waals surface area contributed by atoms with E-state index >= 15 is 0 Å². The summed E-state index contributed by atoms with van der Waals surface area (Å²) in [5.41, 5.74) is 2.76. The molecule has 1 N–H and O–H groups in total. The van der Waals surface area contributed by atoms with Crippen molar-refractivity contribution in [2.75, 3.05) is 5.43 Å². The number of rotatable bonds is 2. The second-order valence-corrected chi connectivity index (χ2v) is 3.03. The lowest BCUT2D eigenvalue weighted by atomic mass is 10.2. The molecule has 0 bridgehead atoms. The molecule has 0 spiro atoms. The van der Waals surface area contributed by atoms with Gasteiger partial charge in [0, 0.05) is 4.47 Å². The fourth-order valence-corrected chi connectivity index (χ4v) is 1.24. The third-order valence-corrected chi connectivity index (χ3v) is 1.97. The lowest BCUT2D eigenvalue weighted by Gasteiger charge is -1.99. The standard InChI is InChI=1S/C7H4BrN3O2/c8-6-3-5(4-9)1-2-7(6)10-11(12)13/h1-3,10H. The molecule has 0 fully saturated rings. The van der Waals surface area contributed by atoms with Crippen LogP contribution in [-0.2, 0) is 0 Å². The van der Waals surface area contributed by atoms with Crippen molar-refractivity contribution in [1.82, 2.24) is 0 Å². The fraction of sp³-hybridized carbons (Fsp3) is 0. The number of hydrogen-bond donors (Lipinski definition) is 1. The predicted octanol–water partition coefficient (Wildman–Crippen LogP) is 1.92. The van der Waals surface area contributed by atoms with E-state index in [1.807, 2.05) is 11.5 Å². The van der Waals surface area contributed by atoms with E-state index in [0.29, 0.717) is 15.7 Å². The summed E-state index contributed by atoms with van der Waals surface area (Å²) in [6, 6.07) is 6.39. The maximum Gasteiger partial charge on any atom is 0.162 e. The maximum atomic E-state index is 10.1. The van der Waals surface area contributed by atoms with Crippen LogP contribution in [0.2, 0.25) is 0 Å². The normalized spacial score (nSPS) is 8.92. The highest BCUT2D eigenvalue weighted by atomic mass is 79.9. The zero-order chi connectivity index (χ0) is 9.84. The molecule has 66 valence electrons. The van der Waals surface area contributed by atoms with Gasteiger partial charge < -0.3 is 0 Å². The van der Waals surface area contributed by atoms with Crippen LogP contribution in [0.3, 0.4) is 0 Å². The zero-order valence-electron chi connectivity index (χ0n) is 6.32. The van der Waals surface area contributed by atoms with E-state index in [9.17, 15) is 10.1 Å². The summed E-state index contributed by atoms with van der Waals surface area (Å²) in [6.45, 7) is 0. The van der Waals surface area contributed by atoms with Gasteiger partial charge in [0.05, 0.1) is 11.6 Å². The Labute approximate surface area is 82.2 Å². The first-order valence-electron chi connectivity index (χ1n) is 3.24. The van der Waals surface area contributed by atoms with E-state index in [2.05, 4.69) is 15.9 Å². The predicted molar refractivity (Wildman–Crippen MR) is 49.5 cm³/mol. The van der Waals surface area contributed by atoms with Crippen molar-refractivity contribution >= 4 is 21.6 Å². The molecular formula is C7H4BrN3O2. The van der Waals surface area contributed by atoms with Gasteiger partial charge >= 0.3 is 0 Å². The molecule has 0 aliphatic carbocycles. The molecule has 0 amide bonds. The molecule has 1 aromatic rings. The summed E-state index contributed by atoms with van der Waals surface area (Å²) in [6.07, 6.45) is 0. The fourth-order valence-electron chi connectivity index (χ4n) is 0.774. The highest BCUT2D eigenvalue weighted by Crippen LogP contribution is 2.22. The first-order chi connectivity index (χ1) is 6.13. The first-order valence-corrected chi connectivity index (χ1v) is 4.03. The monoisotopic (exact) mass is 241 g/mol. The molecule has 1 rings (SSSR count). The van der Waals surface area contributed by atoms with Crippen LogP contribution in [0.15, 0.2) is 22.7 Å². The van der Waals surface area contributed by atoms with Crippen molar-refractivity contribution in [2.24, 2.45) is 0 Å². The SMILES string of the molecule is N#Cc1ccc(N[N+](=O)[O-])c(Br)c1. The molecule has 0 aliphatic heterocycles. The van der Waals surface area contributed by atoms with E-state index < -0.39 is 5.03 Å². The number of nitro groups is 1. The van der Waals surface area contributed by atoms with E-state index in [4.69, 9.17) is 5.26 Å². The molecule has 0 aromatic heterocycles. The molecule has 6 heteroatoms. The van der Waals surface area contributed by atoms with Crippen molar-refractivity contribution in [3.05, 3.63) is 38.3 Å². The van der Waals surface area contributed by atoms with Crippen LogP contribution in [0.5, 0.6) is 0 Å². The largest absolute Gasteiger partial charge is 0.235 e. The number of hydrogen-bond acceptors (Lipinski definition) is 3. The van der Waals surface area contributed by atoms with Crippen molar-refractivity contribution in [1.29, 1.82) is 5.26 Å². The average Bonchev–Trinajstić information content (AvgIpc) is 2.08. The highest BCUT2D eigenvalue weighted by molar-refractivity contribution is 9.10. The Kier molecular flexibility index (Phi) is 2.82. The second kappa shape index (κ2) is 3.87. The van der Waals surface area contributed by atoms with Crippen LogP contribution in [0.1, 0.15) is 5.56 Å². The molecule has 0 aliphatic rings. The summed E-state index contributed by atoms with van der Waals surface area (Å²) in [5.74, 6) is 0. The smallest absolute Gasteiger partial charge is 0.162 e. The lowest BCUT2D eigenvalue weighted by molar-refractivity contribution is -0.445. The molecule has 0 atom stereocenters. The Morgan fingerprint density at radius 3 is 2.77 bits per heavy atom. The molecule has 5 nitrogen and oxygen atoms in total. The number of nitrogens with one attached hydrogen (secondary N) is 1. The van der Waals surface area contributed by atoms with Crippen LogP contribution in [0.4, 0.5) is 5.69 Å². The summed E-state index contributed by atoms with van der Waals surface area (Å²) >= 11 is 3.10. The van der Waals surface area contributed by atoms with E-state index in [-0.39, 0.29) is 0 Å². The molecule has 0 radical (unpaired) electrons. The number of halogens is 1. The minimum absolute atomic E-state index is 0.323. The van der Waals surface area contributed by atoms with Gasteiger partial charge in [-0.3, -0.25) is 0 Å². The Bertz CT molecular complexity index is 386. The van der Waals surface area contributed by atoms with Gasteiger partial charge in [-0.15, -0.1) is 5.43 Å². The first kappa shape index (κ1) is 9.48. The van der Waals surface area contributed by atoms with E-state index in [1.165, 1.54) is 18.2 Å². The van der Waals surface area contributed by atoms with Crippen molar-refractivity contribution in [3.63, 3.8) is 0 Å². The molecule has 0 heterocycles. The molecule has 13 heavy (non-hydrogen) atoms. The molecular weight excluding hydrogens is 238 g/mol. The Morgan fingerprint density at radius 2 is 2.31 bits per heavy atom. The van der Waals surface area contributed by atoms with Gasteiger partial charge in [0.25, 0.3) is 0 Å². The Morgan fingerprint density at radius 1 is 1.62 bits per heavy atom. The van der Waals surface area contributed by atoms with Crippen LogP contribution >= 0.6 is 15.9 Å². The van der Waals surface area contributed by atoms with Crippen LogP contribution in [0, 0.1) is 21.4 Å². The van der Waals surface area contributed by atoms with Crippen molar-refractivity contribution in [3.8, 4) is 6.07 Å². The molecule has 0 unspecified atom stereocenters. The summed E-state index contributed by atoms with van der Waals surface area (Å²) in [4.78, 5) is 10.1. The Hall–Kier alpha value is -1.61. The molecule has 0 saturated carbocycles. The van der Waals surface area contributed by atoms with Gasteiger partial charge in [0.2, 0.25) is 0 Å². The number of nitriles is 1. The zero-order valence-corrected chi connectivity index (χ0v) is 7.91. The van der Waals surface area contributed by atoms with Gasteiger partial charge in [-0.25, -0.2) is 10.1 Å². The molecule has 1 aromatic carbocycles. The van der Waals surface area contributed by atoms with E-state index in [1.54, 1.807) is 0 Å². The number of hydrazine groups is 1. The van der Waals surface area contributed by atoms with Gasteiger partial charge in [-0.2, -0.15) is 5.26 Å². The number of benzene rings is 1. The lowest BCUT2D eigenvalue weighted by Crippen LogP contribution is -2.08. The van der Waals surface area contributed by atoms with Gasteiger partial charge in [0.1, 0.15) is 5.69 Å². The van der Waals surface area contributed by atoms with Crippen molar-refractivity contribution < 1.29 is 5.03 Å². The maximum absolute atomic E-state index is 10.1. The summed E-state index contributed by atoms with van der Waals surface area (Å²) in [5, 5.41) is 17.9. The van der Waals surface area contributed by atoms with Gasteiger partial charge in [-0.05, 0) is 34.1 Å². The number of nitrogens with zero attached hydrogens (tertiary/aromatic N) is 2. The molecule has 0 saturated heterocycles. The van der Waals surface area contributed by atoms with Crippen molar-refractivity contribution in [2.45, 2.75) is 0 Å². The summed E-state index contributed by atoms with van der Waals surface area (Å²) in [7, 11) is 0. The van der Waals surface area contributed by atoms with E-state index in [0.717, 1.165) is 0 Å². The van der Waals surface area contributed by atoms with Gasteiger partial charge in [0.15, 0.2) is 5.03 Å². The quantitative estimate of drug-likeness (QED) is 0.634. The average molecular weight is 242 g/mol. The highest BCUT2D eigenvalue weighted by Gasteiger charge is 2.04.